The fourth-order valence-electron chi connectivity index (χ4n) is 6.14. The number of nitrogens with one attached hydrogen (secondary N) is 2. The molecule has 2 amide bonds. The van der Waals surface area contributed by atoms with Gasteiger partial charge in [0.25, 0.3) is 11.8 Å². The zero-order chi connectivity index (χ0) is 29.7. The maximum absolute atomic E-state index is 13.6. The molecule has 4 aromatic rings. The zero-order valence-corrected chi connectivity index (χ0v) is 24.6. The van der Waals surface area contributed by atoms with Crippen molar-refractivity contribution in [2.75, 3.05) is 57.3 Å². The summed E-state index contributed by atoms with van der Waals surface area (Å²) < 4.78 is 12.9. The van der Waals surface area contributed by atoms with Gasteiger partial charge in [0, 0.05) is 67.4 Å². The van der Waals surface area contributed by atoms with Crippen molar-refractivity contribution in [1.29, 1.82) is 0 Å². The molecule has 1 aliphatic carbocycles. The van der Waals surface area contributed by atoms with E-state index < -0.39 is 0 Å². The molecule has 2 N–H and O–H groups in total. The minimum atomic E-state index is -0.237. The predicted octanol–water partition coefficient (Wildman–Crippen LogP) is 4.04. The van der Waals surface area contributed by atoms with E-state index in [1.807, 2.05) is 49.4 Å². The molecule has 0 radical (unpaired) electrons. The van der Waals surface area contributed by atoms with Crippen LogP contribution >= 0.6 is 0 Å². The van der Waals surface area contributed by atoms with Crippen molar-refractivity contribution in [1.82, 2.24) is 20.0 Å². The number of carbonyl (C=O) groups is 2. The molecule has 3 aliphatic rings. The number of rotatable bonds is 5. The molecule has 10 heteroatoms. The highest BCUT2D eigenvalue weighted by Gasteiger charge is 2.30. The van der Waals surface area contributed by atoms with Gasteiger partial charge in [-0.05, 0) is 74.3 Å². The summed E-state index contributed by atoms with van der Waals surface area (Å²) in [4.78, 5) is 31.2. The van der Waals surface area contributed by atoms with Crippen molar-refractivity contribution < 1.29 is 19.1 Å². The summed E-state index contributed by atoms with van der Waals surface area (Å²) in [6.45, 7) is 5.99. The number of hydrogen-bond acceptors (Lipinski definition) is 7. The van der Waals surface area contributed by atoms with Crippen molar-refractivity contribution in [2.24, 2.45) is 0 Å². The third kappa shape index (κ3) is 4.87. The first-order valence-corrected chi connectivity index (χ1v) is 14.6. The fourth-order valence-corrected chi connectivity index (χ4v) is 6.14. The summed E-state index contributed by atoms with van der Waals surface area (Å²) in [5, 5.41) is 10.6. The first-order valence-electron chi connectivity index (χ1n) is 14.6. The molecular weight excluding hydrogens is 544 g/mol. The van der Waals surface area contributed by atoms with Gasteiger partial charge >= 0.3 is 0 Å². The lowest BCUT2D eigenvalue weighted by Crippen LogP contribution is -2.44. The van der Waals surface area contributed by atoms with E-state index in [-0.39, 0.29) is 18.6 Å². The predicted molar refractivity (Wildman–Crippen MR) is 165 cm³/mol. The molecule has 43 heavy (non-hydrogen) atoms. The van der Waals surface area contributed by atoms with Gasteiger partial charge in [-0.3, -0.25) is 9.59 Å². The number of hydrogen-bond donors (Lipinski definition) is 2. The minimum Gasteiger partial charge on any atom is -0.454 e. The highest BCUT2D eigenvalue weighted by molar-refractivity contribution is 6.06. The van der Waals surface area contributed by atoms with E-state index in [1.165, 1.54) is 0 Å². The number of piperazine rings is 1. The van der Waals surface area contributed by atoms with Crippen LogP contribution in [0.5, 0.6) is 11.5 Å². The largest absolute Gasteiger partial charge is 0.454 e. The number of anilines is 2. The Kier molecular flexibility index (Phi) is 6.78. The molecule has 7 rings (SSSR count). The molecule has 0 bridgehead atoms. The van der Waals surface area contributed by atoms with Crippen LogP contribution in [0.2, 0.25) is 0 Å². The Morgan fingerprint density at radius 2 is 1.65 bits per heavy atom. The van der Waals surface area contributed by atoms with Crippen molar-refractivity contribution in [2.45, 2.75) is 19.8 Å². The number of nitrogens with zero attached hydrogens (tertiary/aromatic N) is 4. The normalized spacial score (nSPS) is 15.6. The van der Waals surface area contributed by atoms with E-state index >= 15 is 0 Å². The van der Waals surface area contributed by atoms with E-state index in [0.29, 0.717) is 34.9 Å². The summed E-state index contributed by atoms with van der Waals surface area (Å²) >= 11 is 0. The molecule has 0 spiro atoms. The minimum absolute atomic E-state index is 0.153. The standard InChI is InChI=1S/C33H34N6O4/c1-20-4-8-23(38-14-12-37(3)13-15-38)17-26(20)32(40)35-22-7-5-21-6-10-25-30(33(41)34-2)36-39(31(25)27(21)16-22)24-9-11-28-29(18-24)43-19-42-28/h4-5,7-9,11,16-18H,6,10,12-15,19H2,1-3H3,(H,34,41)(H,35,40). The zero-order valence-electron chi connectivity index (χ0n) is 24.6. The van der Waals surface area contributed by atoms with E-state index in [1.54, 1.807) is 11.7 Å². The van der Waals surface area contributed by atoms with Crippen LogP contribution in [0.1, 0.15) is 37.5 Å². The Balaban J connectivity index is 1.24. The molecule has 1 saturated heterocycles. The maximum Gasteiger partial charge on any atom is 0.271 e. The number of ether oxygens (including phenoxy) is 2. The van der Waals surface area contributed by atoms with E-state index in [4.69, 9.17) is 14.6 Å². The highest BCUT2D eigenvalue weighted by Crippen LogP contribution is 2.40. The SMILES string of the molecule is CNC(=O)c1nn(-c2ccc3c(c2)OCO3)c2c1CCc1ccc(NC(=O)c3cc(N4CCN(C)CC4)ccc3C)cc1-2. The third-order valence-electron chi connectivity index (χ3n) is 8.63. The molecule has 3 aromatic carbocycles. The van der Waals surface area contributed by atoms with Gasteiger partial charge < -0.3 is 29.9 Å². The monoisotopic (exact) mass is 578 g/mol. The smallest absolute Gasteiger partial charge is 0.271 e. The van der Waals surface area contributed by atoms with Crippen LogP contribution in [0, 0.1) is 6.92 Å². The van der Waals surface area contributed by atoms with Crippen LogP contribution in [0.4, 0.5) is 11.4 Å². The second-order valence-electron chi connectivity index (χ2n) is 11.3. The highest BCUT2D eigenvalue weighted by atomic mass is 16.7. The number of aromatic nitrogens is 2. The van der Waals surface area contributed by atoms with Crippen LogP contribution in [0.3, 0.4) is 0 Å². The van der Waals surface area contributed by atoms with Crippen LogP contribution < -0.4 is 25.0 Å². The van der Waals surface area contributed by atoms with Gasteiger partial charge in [0.1, 0.15) is 0 Å². The average Bonchev–Trinajstić information content (AvgIpc) is 3.66. The molecule has 1 aromatic heterocycles. The molecule has 2 aliphatic heterocycles. The van der Waals surface area contributed by atoms with Gasteiger partial charge in [0.2, 0.25) is 6.79 Å². The first kappa shape index (κ1) is 27.0. The molecule has 0 atom stereocenters. The van der Waals surface area contributed by atoms with Gasteiger partial charge in [-0.1, -0.05) is 12.1 Å². The van der Waals surface area contributed by atoms with Crippen molar-refractivity contribution in [3.63, 3.8) is 0 Å². The van der Waals surface area contributed by atoms with Crippen LogP contribution in [0.25, 0.3) is 16.9 Å². The molecular formula is C33H34N6O4. The second kappa shape index (κ2) is 10.8. The molecule has 220 valence electrons. The van der Waals surface area contributed by atoms with Crippen LogP contribution in [-0.2, 0) is 12.8 Å². The summed E-state index contributed by atoms with van der Waals surface area (Å²) in [6, 6.07) is 17.7. The topological polar surface area (TPSA) is 101 Å². The Morgan fingerprint density at radius 1 is 0.860 bits per heavy atom. The van der Waals surface area contributed by atoms with Crippen LogP contribution in [-0.4, -0.2) is 73.6 Å². The number of amides is 2. The summed E-state index contributed by atoms with van der Waals surface area (Å²) in [5.41, 5.74) is 8.25. The van der Waals surface area contributed by atoms with Gasteiger partial charge in [-0.15, -0.1) is 0 Å². The maximum atomic E-state index is 13.6. The van der Waals surface area contributed by atoms with E-state index in [0.717, 1.165) is 71.9 Å². The summed E-state index contributed by atoms with van der Waals surface area (Å²) in [5.74, 6) is 0.919. The van der Waals surface area contributed by atoms with Gasteiger partial charge in [0.05, 0.1) is 11.4 Å². The fraction of sp³-hybridized carbons (Fsp3) is 0.303. The Hall–Kier alpha value is -4.83. The molecule has 0 unspecified atom stereocenters. The summed E-state index contributed by atoms with van der Waals surface area (Å²) in [6.07, 6.45) is 1.44. The van der Waals surface area contributed by atoms with Gasteiger partial charge in [0.15, 0.2) is 17.2 Å². The number of aryl methyl sites for hydroxylation is 2. The van der Waals surface area contributed by atoms with Crippen molar-refractivity contribution >= 4 is 23.2 Å². The lowest BCUT2D eigenvalue weighted by molar-refractivity contribution is 0.0956. The van der Waals surface area contributed by atoms with Gasteiger partial charge in [-0.25, -0.2) is 4.68 Å². The average molecular weight is 579 g/mol. The number of likely N-dealkylation sites (N-methyl/N-ethyl adjacent to an activating group) is 1. The summed E-state index contributed by atoms with van der Waals surface area (Å²) in [7, 11) is 3.74. The lowest BCUT2D eigenvalue weighted by atomic mass is 9.88. The first-order chi connectivity index (χ1) is 20.9. The van der Waals surface area contributed by atoms with Crippen molar-refractivity contribution in [3.05, 3.63) is 82.5 Å². The Labute approximate surface area is 250 Å². The van der Waals surface area contributed by atoms with Crippen molar-refractivity contribution in [3.8, 4) is 28.4 Å². The third-order valence-corrected chi connectivity index (χ3v) is 8.63. The number of benzene rings is 3. The Morgan fingerprint density at radius 3 is 2.47 bits per heavy atom. The second-order valence-corrected chi connectivity index (χ2v) is 11.3. The van der Waals surface area contributed by atoms with E-state index in [2.05, 4.69) is 39.6 Å². The molecule has 3 heterocycles. The number of fused-ring (bicyclic) bond motifs is 4. The quantitative estimate of drug-likeness (QED) is 0.369. The lowest BCUT2D eigenvalue weighted by Gasteiger charge is -2.34. The molecule has 1 fully saturated rings. The Bertz CT molecular complexity index is 1750. The van der Waals surface area contributed by atoms with Crippen LogP contribution in [0.15, 0.2) is 54.6 Å². The molecule has 10 nitrogen and oxygen atoms in total. The van der Waals surface area contributed by atoms with E-state index in [9.17, 15) is 9.59 Å². The number of carbonyl (C=O) groups excluding carboxylic acids is 2. The van der Waals surface area contributed by atoms with Gasteiger partial charge in [-0.2, -0.15) is 5.10 Å². The molecule has 0 saturated carbocycles.